The van der Waals surface area contributed by atoms with Crippen LogP contribution >= 0.6 is 11.6 Å². The van der Waals surface area contributed by atoms with E-state index in [0.717, 1.165) is 36.2 Å². The Kier molecular flexibility index (Phi) is 5.67. The number of fused-ring (bicyclic) bond motifs is 1. The maximum atomic E-state index is 15.0. The van der Waals surface area contributed by atoms with Crippen LogP contribution in [0.2, 0.25) is 5.02 Å². The molecular formula is C24H25ClF2N2O. The van der Waals surface area contributed by atoms with Crippen molar-refractivity contribution in [2.75, 3.05) is 0 Å². The number of hydrazone groups is 1. The number of halogens is 3. The first kappa shape index (κ1) is 21.0. The van der Waals surface area contributed by atoms with Crippen molar-refractivity contribution in [3.63, 3.8) is 0 Å². The van der Waals surface area contributed by atoms with Gasteiger partial charge in [0.1, 0.15) is 11.6 Å². The van der Waals surface area contributed by atoms with Crippen molar-refractivity contribution in [2.45, 2.75) is 46.5 Å². The van der Waals surface area contributed by atoms with Crippen LogP contribution in [-0.2, 0) is 4.79 Å². The van der Waals surface area contributed by atoms with Crippen molar-refractivity contribution in [3.05, 3.63) is 63.3 Å². The zero-order chi connectivity index (χ0) is 21.6. The zero-order valence-corrected chi connectivity index (χ0v) is 18.1. The smallest absolute Gasteiger partial charge is 0.164 e. The molecular weight excluding hydrogens is 406 g/mol. The third-order valence-corrected chi connectivity index (χ3v) is 6.86. The quantitative estimate of drug-likeness (QED) is 0.499. The first-order chi connectivity index (χ1) is 14.3. The lowest BCUT2D eigenvalue weighted by molar-refractivity contribution is -0.120. The number of rotatable bonds is 5. The molecule has 0 bridgehead atoms. The highest BCUT2D eigenvalue weighted by molar-refractivity contribution is 6.30. The van der Waals surface area contributed by atoms with Gasteiger partial charge in [-0.25, -0.2) is 13.8 Å². The van der Waals surface area contributed by atoms with Crippen molar-refractivity contribution < 1.29 is 13.6 Å². The summed E-state index contributed by atoms with van der Waals surface area (Å²) in [5, 5.41) is 5.72. The molecule has 158 valence electrons. The Labute approximate surface area is 180 Å². The maximum absolute atomic E-state index is 15.0. The number of carbonyl (C=O) groups excluding carboxylic acids is 1. The van der Waals surface area contributed by atoms with Crippen LogP contribution < -0.4 is 0 Å². The van der Waals surface area contributed by atoms with E-state index in [4.69, 9.17) is 11.6 Å². The fourth-order valence-corrected chi connectivity index (χ4v) is 4.47. The van der Waals surface area contributed by atoms with Crippen LogP contribution in [0.3, 0.4) is 0 Å². The molecule has 6 heteroatoms. The number of Topliss-reactive ketones (excluding diaryl/α,β-unsaturated/α-hetero) is 1. The molecule has 1 saturated carbocycles. The first-order valence-electron chi connectivity index (χ1n) is 10.4. The number of carbonyl (C=O) groups is 1. The van der Waals surface area contributed by atoms with Gasteiger partial charge in [0, 0.05) is 23.3 Å². The lowest BCUT2D eigenvalue weighted by Crippen LogP contribution is -2.26. The molecule has 0 spiro atoms. The monoisotopic (exact) mass is 430 g/mol. The highest BCUT2D eigenvalue weighted by Crippen LogP contribution is 2.44. The summed E-state index contributed by atoms with van der Waals surface area (Å²) in [6, 6.07) is 2.03. The summed E-state index contributed by atoms with van der Waals surface area (Å²) in [5.74, 6) is -0.802. The molecule has 30 heavy (non-hydrogen) atoms. The van der Waals surface area contributed by atoms with E-state index in [2.05, 4.69) is 12.0 Å². The van der Waals surface area contributed by atoms with Crippen LogP contribution in [0.5, 0.6) is 0 Å². The summed E-state index contributed by atoms with van der Waals surface area (Å²) in [7, 11) is 0. The van der Waals surface area contributed by atoms with Crippen molar-refractivity contribution in [1.29, 1.82) is 0 Å². The largest absolute Gasteiger partial charge is 0.294 e. The Morgan fingerprint density at radius 3 is 2.63 bits per heavy atom. The molecule has 1 aromatic carbocycles. The molecule has 0 amide bonds. The van der Waals surface area contributed by atoms with Crippen molar-refractivity contribution in [1.82, 2.24) is 5.01 Å². The summed E-state index contributed by atoms with van der Waals surface area (Å²) < 4.78 is 29.4. The summed E-state index contributed by atoms with van der Waals surface area (Å²) in [4.78, 5) is 13.6. The minimum absolute atomic E-state index is 0.00572. The highest BCUT2D eigenvalue weighted by Gasteiger charge is 2.38. The van der Waals surface area contributed by atoms with Gasteiger partial charge >= 0.3 is 0 Å². The van der Waals surface area contributed by atoms with E-state index in [0.29, 0.717) is 30.0 Å². The van der Waals surface area contributed by atoms with Gasteiger partial charge < -0.3 is 0 Å². The van der Waals surface area contributed by atoms with Gasteiger partial charge in [-0.2, -0.15) is 5.10 Å². The molecule has 3 aliphatic rings. The predicted molar refractivity (Wildman–Crippen MR) is 116 cm³/mol. The summed E-state index contributed by atoms with van der Waals surface area (Å²) in [5.41, 5.74) is 2.65. The summed E-state index contributed by atoms with van der Waals surface area (Å²) in [6.07, 6.45) is 8.67. The Balaban J connectivity index is 1.90. The average Bonchev–Trinajstić information content (AvgIpc) is 3.58. The third-order valence-electron chi connectivity index (χ3n) is 6.57. The van der Waals surface area contributed by atoms with Gasteiger partial charge in [0.25, 0.3) is 0 Å². The Morgan fingerprint density at radius 1 is 1.20 bits per heavy atom. The van der Waals surface area contributed by atoms with E-state index in [9.17, 15) is 9.18 Å². The van der Waals surface area contributed by atoms with Crippen molar-refractivity contribution in [2.24, 2.45) is 22.9 Å². The third kappa shape index (κ3) is 3.76. The standard InChI is InChI=1S/C24H25ClF2N2O/c1-13-6-9-17(24(30)15(3)14(2)16-7-8-16)23(29-22(13)5-4-10-28-29)18-11-21(27)19(25)12-20(18)26/h4-5,10-12,14-16H,6-9H2,1-3H3. The average molecular weight is 431 g/mol. The van der Waals surface area contributed by atoms with Crippen LogP contribution in [0.1, 0.15) is 52.0 Å². The van der Waals surface area contributed by atoms with Crippen LogP contribution in [-0.4, -0.2) is 17.0 Å². The minimum Gasteiger partial charge on any atom is -0.294 e. The Hall–Kier alpha value is -2.27. The van der Waals surface area contributed by atoms with Gasteiger partial charge in [-0.1, -0.05) is 25.4 Å². The fourth-order valence-electron chi connectivity index (χ4n) is 4.32. The van der Waals surface area contributed by atoms with E-state index in [1.165, 1.54) is 0 Å². The number of hydrogen-bond donors (Lipinski definition) is 0. The molecule has 1 aromatic rings. The van der Waals surface area contributed by atoms with Crippen LogP contribution in [0.15, 0.2) is 46.2 Å². The van der Waals surface area contributed by atoms with E-state index in [1.54, 1.807) is 17.3 Å². The van der Waals surface area contributed by atoms with Crippen LogP contribution in [0.25, 0.3) is 5.70 Å². The second-order valence-electron chi connectivity index (χ2n) is 8.52. The molecule has 0 aromatic heterocycles. The molecule has 1 fully saturated rings. The van der Waals surface area contributed by atoms with E-state index in [-0.39, 0.29) is 28.2 Å². The second-order valence-corrected chi connectivity index (χ2v) is 8.93. The second kappa shape index (κ2) is 8.10. The minimum atomic E-state index is -0.727. The van der Waals surface area contributed by atoms with E-state index >= 15 is 4.39 Å². The normalized spacial score (nSPS) is 20.9. The highest BCUT2D eigenvalue weighted by atomic mass is 35.5. The number of allylic oxidation sites excluding steroid dienone is 4. The van der Waals surface area contributed by atoms with E-state index in [1.807, 2.05) is 19.9 Å². The van der Waals surface area contributed by atoms with Crippen LogP contribution in [0, 0.1) is 29.4 Å². The predicted octanol–water partition coefficient (Wildman–Crippen LogP) is 6.51. The zero-order valence-electron chi connectivity index (χ0n) is 17.4. The summed E-state index contributed by atoms with van der Waals surface area (Å²) in [6.45, 7) is 6.03. The molecule has 3 nitrogen and oxygen atoms in total. The Bertz CT molecular complexity index is 1020. The molecule has 2 heterocycles. The Morgan fingerprint density at radius 2 is 1.93 bits per heavy atom. The summed E-state index contributed by atoms with van der Waals surface area (Å²) >= 11 is 5.79. The number of nitrogens with zero attached hydrogens (tertiary/aromatic N) is 2. The molecule has 0 N–H and O–H groups in total. The van der Waals surface area contributed by atoms with Gasteiger partial charge in [0.2, 0.25) is 0 Å². The van der Waals surface area contributed by atoms with Gasteiger partial charge in [0.15, 0.2) is 5.78 Å². The van der Waals surface area contributed by atoms with E-state index < -0.39 is 11.6 Å². The van der Waals surface area contributed by atoms with Gasteiger partial charge in [-0.05, 0) is 74.3 Å². The molecule has 0 radical (unpaired) electrons. The fraction of sp³-hybridized carbons (Fsp3) is 0.417. The molecule has 1 aliphatic carbocycles. The number of ketones is 1. The molecule has 2 unspecified atom stereocenters. The number of hydrogen-bond acceptors (Lipinski definition) is 3. The van der Waals surface area contributed by atoms with Crippen LogP contribution in [0.4, 0.5) is 8.78 Å². The topological polar surface area (TPSA) is 32.7 Å². The lowest BCUT2D eigenvalue weighted by atomic mass is 9.82. The van der Waals surface area contributed by atoms with Crippen molar-refractivity contribution in [3.8, 4) is 0 Å². The lowest BCUT2D eigenvalue weighted by Gasteiger charge is -2.28. The van der Waals surface area contributed by atoms with Gasteiger partial charge in [-0.3, -0.25) is 4.79 Å². The number of benzene rings is 1. The first-order valence-corrected chi connectivity index (χ1v) is 10.8. The van der Waals surface area contributed by atoms with Gasteiger partial charge in [0.05, 0.1) is 16.4 Å². The molecule has 4 rings (SSSR count). The molecule has 2 atom stereocenters. The van der Waals surface area contributed by atoms with Gasteiger partial charge in [-0.15, -0.1) is 0 Å². The molecule has 2 aliphatic heterocycles. The molecule has 0 saturated heterocycles. The van der Waals surface area contributed by atoms with Crippen molar-refractivity contribution >= 4 is 29.3 Å². The SMILES string of the molecule is CC1=C2C=CC=NN2C(c2cc(F)c(Cl)cc2F)=C(C(=O)C(C)C(C)C2CC2)CC1. The maximum Gasteiger partial charge on any atom is 0.164 e.